The van der Waals surface area contributed by atoms with Crippen molar-refractivity contribution in [3.8, 4) is 11.3 Å². The van der Waals surface area contributed by atoms with Crippen LogP contribution in [0.3, 0.4) is 0 Å². The summed E-state index contributed by atoms with van der Waals surface area (Å²) >= 11 is 0. The number of furan rings is 1. The zero-order valence-electron chi connectivity index (χ0n) is 11.2. The molecule has 0 aliphatic carbocycles. The van der Waals surface area contributed by atoms with E-state index in [-0.39, 0.29) is 11.6 Å². The molecule has 1 aromatic heterocycles. The van der Waals surface area contributed by atoms with E-state index in [2.05, 4.69) is 0 Å². The minimum Gasteiger partial charge on any atom is -0.464 e. The highest BCUT2D eigenvalue weighted by molar-refractivity contribution is 6.60. The number of carbonyl (C=O) groups is 1. The minimum absolute atomic E-state index is 0.224. The highest BCUT2D eigenvalue weighted by Gasteiger charge is 2.21. The Bertz CT molecular complexity index is 590. The number of rotatable bonds is 4. The molecular weight excluding hydrogens is 259 g/mol. The van der Waals surface area contributed by atoms with Crippen LogP contribution in [0.5, 0.6) is 0 Å². The first kappa shape index (κ1) is 14.4. The lowest BCUT2D eigenvalue weighted by molar-refractivity contribution is 0.0378. The SMILES string of the molecule is CC(C)OC(=O)c1ccc(B(O)O)c(-c2ccco2)c1. The van der Waals surface area contributed by atoms with Crippen LogP contribution in [0.15, 0.2) is 41.0 Å². The van der Waals surface area contributed by atoms with Gasteiger partial charge in [0.25, 0.3) is 0 Å². The van der Waals surface area contributed by atoms with Gasteiger partial charge in [-0.25, -0.2) is 4.79 Å². The van der Waals surface area contributed by atoms with Crippen molar-refractivity contribution in [3.05, 3.63) is 42.2 Å². The summed E-state index contributed by atoms with van der Waals surface area (Å²) in [6.45, 7) is 3.52. The van der Waals surface area contributed by atoms with Crippen molar-refractivity contribution in [1.82, 2.24) is 0 Å². The van der Waals surface area contributed by atoms with Gasteiger partial charge >= 0.3 is 13.1 Å². The van der Waals surface area contributed by atoms with Crippen LogP contribution in [0.1, 0.15) is 24.2 Å². The summed E-state index contributed by atoms with van der Waals surface area (Å²) in [7, 11) is -1.65. The molecule has 2 rings (SSSR count). The third-order valence-electron chi connectivity index (χ3n) is 2.70. The molecule has 0 saturated carbocycles. The quantitative estimate of drug-likeness (QED) is 0.646. The molecule has 6 heteroatoms. The van der Waals surface area contributed by atoms with Crippen LogP contribution < -0.4 is 5.46 Å². The van der Waals surface area contributed by atoms with Crippen molar-refractivity contribution in [2.24, 2.45) is 0 Å². The topological polar surface area (TPSA) is 79.9 Å². The molecule has 0 fully saturated rings. The maximum Gasteiger partial charge on any atom is 0.489 e. The van der Waals surface area contributed by atoms with Crippen LogP contribution in [0.4, 0.5) is 0 Å². The molecule has 0 aliphatic rings. The lowest BCUT2D eigenvalue weighted by Gasteiger charge is -2.11. The average Bonchev–Trinajstić information content (AvgIpc) is 2.90. The van der Waals surface area contributed by atoms with Crippen molar-refractivity contribution in [2.75, 3.05) is 0 Å². The summed E-state index contributed by atoms with van der Waals surface area (Å²) in [5.41, 5.74) is 1.04. The Balaban J connectivity index is 2.44. The summed E-state index contributed by atoms with van der Waals surface area (Å²) < 4.78 is 10.4. The van der Waals surface area contributed by atoms with Crippen LogP contribution in [-0.4, -0.2) is 29.2 Å². The number of benzene rings is 1. The monoisotopic (exact) mass is 274 g/mol. The molecular formula is C14H15BO5. The van der Waals surface area contributed by atoms with E-state index >= 15 is 0 Å². The van der Waals surface area contributed by atoms with Crippen molar-refractivity contribution in [3.63, 3.8) is 0 Å². The molecule has 0 atom stereocenters. The Morgan fingerprint density at radius 3 is 2.60 bits per heavy atom. The fraction of sp³-hybridized carbons (Fsp3) is 0.214. The third kappa shape index (κ3) is 3.09. The van der Waals surface area contributed by atoms with E-state index in [9.17, 15) is 14.8 Å². The zero-order chi connectivity index (χ0) is 14.7. The van der Waals surface area contributed by atoms with Gasteiger partial charge in [0.05, 0.1) is 17.9 Å². The van der Waals surface area contributed by atoms with Gasteiger partial charge in [0, 0.05) is 5.56 Å². The molecule has 1 heterocycles. The van der Waals surface area contributed by atoms with E-state index in [1.807, 2.05) is 0 Å². The Morgan fingerprint density at radius 1 is 1.30 bits per heavy atom. The fourth-order valence-electron chi connectivity index (χ4n) is 1.84. The number of hydrogen-bond acceptors (Lipinski definition) is 5. The molecule has 0 spiro atoms. The van der Waals surface area contributed by atoms with E-state index in [0.29, 0.717) is 16.9 Å². The van der Waals surface area contributed by atoms with E-state index in [1.165, 1.54) is 24.5 Å². The molecule has 2 aromatic rings. The highest BCUT2D eigenvalue weighted by atomic mass is 16.5. The Morgan fingerprint density at radius 2 is 2.05 bits per heavy atom. The van der Waals surface area contributed by atoms with E-state index in [0.717, 1.165) is 0 Å². The Hall–Kier alpha value is -2.05. The molecule has 1 aromatic carbocycles. The first-order chi connectivity index (χ1) is 9.49. The van der Waals surface area contributed by atoms with Crippen molar-refractivity contribution >= 4 is 18.6 Å². The summed E-state index contributed by atoms with van der Waals surface area (Å²) in [6, 6.07) is 7.85. The molecule has 0 saturated heterocycles. The van der Waals surface area contributed by atoms with Crippen molar-refractivity contribution < 1.29 is 24.0 Å². The summed E-state index contributed by atoms with van der Waals surface area (Å²) in [4.78, 5) is 11.9. The molecule has 2 N–H and O–H groups in total. The second kappa shape index (κ2) is 5.94. The molecule has 20 heavy (non-hydrogen) atoms. The molecule has 104 valence electrons. The number of ether oxygens (including phenoxy) is 1. The Labute approximate surface area is 116 Å². The van der Waals surface area contributed by atoms with Gasteiger partial charge < -0.3 is 19.2 Å². The van der Waals surface area contributed by atoms with Crippen LogP contribution in [-0.2, 0) is 4.74 Å². The van der Waals surface area contributed by atoms with Gasteiger partial charge in [0.1, 0.15) is 5.76 Å². The van der Waals surface area contributed by atoms with E-state index < -0.39 is 13.1 Å². The maximum absolute atomic E-state index is 11.9. The predicted molar refractivity (Wildman–Crippen MR) is 74.5 cm³/mol. The first-order valence-electron chi connectivity index (χ1n) is 6.24. The molecule has 0 aliphatic heterocycles. The van der Waals surface area contributed by atoms with Crippen molar-refractivity contribution in [1.29, 1.82) is 0 Å². The van der Waals surface area contributed by atoms with Gasteiger partial charge in [-0.15, -0.1) is 0 Å². The van der Waals surface area contributed by atoms with E-state index in [4.69, 9.17) is 9.15 Å². The maximum atomic E-state index is 11.9. The van der Waals surface area contributed by atoms with Crippen LogP contribution in [0, 0.1) is 0 Å². The second-order valence-electron chi connectivity index (χ2n) is 4.61. The summed E-state index contributed by atoms with van der Waals surface area (Å²) in [5, 5.41) is 18.8. The summed E-state index contributed by atoms with van der Waals surface area (Å²) in [5.74, 6) is -0.0147. The zero-order valence-corrected chi connectivity index (χ0v) is 11.2. The standard InChI is InChI=1S/C14H15BO5/c1-9(2)20-14(16)10-5-6-12(15(17)18)11(8-10)13-4-3-7-19-13/h3-9,17-18H,1-2H3. The fourth-order valence-corrected chi connectivity index (χ4v) is 1.84. The normalized spacial score (nSPS) is 10.7. The molecule has 0 unspecified atom stereocenters. The van der Waals surface area contributed by atoms with Gasteiger partial charge in [0.15, 0.2) is 0 Å². The van der Waals surface area contributed by atoms with Gasteiger partial charge in [-0.2, -0.15) is 0 Å². The predicted octanol–water partition coefficient (Wildman–Crippen LogP) is 1.19. The second-order valence-corrected chi connectivity index (χ2v) is 4.61. The summed E-state index contributed by atoms with van der Waals surface area (Å²) in [6.07, 6.45) is 1.25. The molecule has 0 bridgehead atoms. The lowest BCUT2D eigenvalue weighted by atomic mass is 9.76. The third-order valence-corrected chi connectivity index (χ3v) is 2.70. The van der Waals surface area contributed by atoms with Gasteiger partial charge in [-0.05, 0) is 43.6 Å². The largest absolute Gasteiger partial charge is 0.489 e. The average molecular weight is 274 g/mol. The molecule has 0 radical (unpaired) electrons. The first-order valence-corrected chi connectivity index (χ1v) is 6.24. The molecule has 5 nitrogen and oxygen atoms in total. The van der Waals surface area contributed by atoms with Crippen LogP contribution in [0.25, 0.3) is 11.3 Å². The number of esters is 1. The minimum atomic E-state index is -1.65. The van der Waals surface area contributed by atoms with Gasteiger partial charge in [-0.3, -0.25) is 0 Å². The number of hydrogen-bond donors (Lipinski definition) is 2. The molecule has 0 amide bonds. The lowest BCUT2D eigenvalue weighted by Crippen LogP contribution is -2.32. The Kier molecular flexibility index (Phi) is 4.27. The van der Waals surface area contributed by atoms with Crippen molar-refractivity contribution in [2.45, 2.75) is 20.0 Å². The van der Waals surface area contributed by atoms with Crippen LogP contribution in [0.2, 0.25) is 0 Å². The van der Waals surface area contributed by atoms with Crippen LogP contribution >= 0.6 is 0 Å². The van der Waals surface area contributed by atoms with Gasteiger partial charge in [-0.1, -0.05) is 6.07 Å². The van der Waals surface area contributed by atoms with Gasteiger partial charge in [0.2, 0.25) is 0 Å². The number of carbonyl (C=O) groups excluding carboxylic acids is 1. The highest BCUT2D eigenvalue weighted by Crippen LogP contribution is 2.20. The smallest absolute Gasteiger partial charge is 0.464 e. The van der Waals surface area contributed by atoms with E-state index in [1.54, 1.807) is 26.0 Å².